The summed E-state index contributed by atoms with van der Waals surface area (Å²) in [4.78, 5) is 0. The Morgan fingerprint density at radius 3 is 2.53 bits per heavy atom. The van der Waals surface area contributed by atoms with Crippen molar-refractivity contribution in [2.45, 2.75) is 26.0 Å². The second-order valence-electron chi connectivity index (χ2n) is 3.45. The lowest BCUT2D eigenvalue weighted by molar-refractivity contribution is 0.296. The SMILES string of the molecule is Cc1n[nH]c(C)c1NS(=O)(=O)C(C)CO. The largest absolute Gasteiger partial charge is 0.395 e. The molecule has 1 unspecified atom stereocenters. The van der Waals surface area contributed by atoms with Crippen LogP contribution in [0.3, 0.4) is 0 Å². The molecule has 0 amide bonds. The van der Waals surface area contributed by atoms with E-state index < -0.39 is 21.9 Å². The van der Waals surface area contributed by atoms with Crippen LogP contribution in [0.15, 0.2) is 0 Å². The van der Waals surface area contributed by atoms with Gasteiger partial charge in [0.1, 0.15) is 5.25 Å². The smallest absolute Gasteiger partial charge is 0.237 e. The topological polar surface area (TPSA) is 95.1 Å². The van der Waals surface area contributed by atoms with Gasteiger partial charge in [-0.2, -0.15) is 5.10 Å². The summed E-state index contributed by atoms with van der Waals surface area (Å²) in [6.07, 6.45) is 0. The number of hydrogen-bond acceptors (Lipinski definition) is 4. The second kappa shape index (κ2) is 4.19. The minimum absolute atomic E-state index is 0.411. The first-order chi connectivity index (χ1) is 6.88. The number of anilines is 1. The quantitative estimate of drug-likeness (QED) is 0.689. The zero-order chi connectivity index (χ0) is 11.6. The van der Waals surface area contributed by atoms with Gasteiger partial charge in [-0.1, -0.05) is 0 Å². The maximum atomic E-state index is 11.6. The minimum atomic E-state index is -3.54. The van der Waals surface area contributed by atoms with Gasteiger partial charge >= 0.3 is 0 Å². The lowest BCUT2D eigenvalue weighted by Crippen LogP contribution is -2.28. The lowest BCUT2D eigenvalue weighted by atomic mass is 10.3. The van der Waals surface area contributed by atoms with Crippen molar-refractivity contribution in [3.8, 4) is 0 Å². The summed E-state index contributed by atoms with van der Waals surface area (Å²) in [5.74, 6) is 0. The first kappa shape index (κ1) is 12.0. The van der Waals surface area contributed by atoms with Gasteiger partial charge in [0.05, 0.1) is 23.7 Å². The molecule has 15 heavy (non-hydrogen) atoms. The maximum Gasteiger partial charge on any atom is 0.237 e. The first-order valence-electron chi connectivity index (χ1n) is 4.52. The highest BCUT2D eigenvalue weighted by molar-refractivity contribution is 7.93. The molecule has 0 fully saturated rings. The molecule has 86 valence electrons. The number of sulfonamides is 1. The van der Waals surface area contributed by atoms with Gasteiger partial charge in [-0.15, -0.1) is 0 Å². The van der Waals surface area contributed by atoms with Gasteiger partial charge in [0.15, 0.2) is 0 Å². The van der Waals surface area contributed by atoms with Crippen molar-refractivity contribution < 1.29 is 13.5 Å². The van der Waals surface area contributed by atoms with Crippen molar-refractivity contribution in [2.24, 2.45) is 0 Å². The monoisotopic (exact) mass is 233 g/mol. The highest BCUT2D eigenvalue weighted by atomic mass is 32.2. The Morgan fingerprint density at radius 1 is 1.53 bits per heavy atom. The van der Waals surface area contributed by atoms with Crippen LogP contribution in [0.5, 0.6) is 0 Å². The van der Waals surface area contributed by atoms with Gasteiger partial charge in [-0.05, 0) is 20.8 Å². The van der Waals surface area contributed by atoms with Gasteiger partial charge in [0, 0.05) is 0 Å². The van der Waals surface area contributed by atoms with Gasteiger partial charge < -0.3 is 5.11 Å². The molecule has 0 aliphatic rings. The molecule has 0 aliphatic heterocycles. The minimum Gasteiger partial charge on any atom is -0.395 e. The van der Waals surface area contributed by atoms with Crippen molar-refractivity contribution in [2.75, 3.05) is 11.3 Å². The average Bonchev–Trinajstić information content (AvgIpc) is 2.47. The molecule has 0 aliphatic carbocycles. The van der Waals surface area contributed by atoms with Crippen molar-refractivity contribution in [1.82, 2.24) is 10.2 Å². The number of aromatic amines is 1. The number of aliphatic hydroxyl groups is 1. The second-order valence-corrected chi connectivity index (χ2v) is 5.55. The Hall–Kier alpha value is -1.08. The number of rotatable bonds is 4. The van der Waals surface area contributed by atoms with Crippen molar-refractivity contribution in [3.63, 3.8) is 0 Å². The number of H-pyrrole nitrogens is 1. The summed E-state index contributed by atoms with van der Waals surface area (Å²) >= 11 is 0. The average molecular weight is 233 g/mol. The first-order valence-corrected chi connectivity index (χ1v) is 6.07. The van der Waals surface area contributed by atoms with Crippen LogP contribution in [-0.4, -0.2) is 35.6 Å². The van der Waals surface area contributed by atoms with E-state index in [4.69, 9.17) is 5.11 Å². The molecule has 7 heteroatoms. The molecule has 1 aromatic rings. The van der Waals surface area contributed by atoms with Crippen molar-refractivity contribution in [3.05, 3.63) is 11.4 Å². The van der Waals surface area contributed by atoms with Gasteiger partial charge in [0.25, 0.3) is 0 Å². The van der Waals surface area contributed by atoms with E-state index in [0.717, 1.165) is 0 Å². The fraction of sp³-hybridized carbons (Fsp3) is 0.625. The van der Waals surface area contributed by atoms with Crippen LogP contribution >= 0.6 is 0 Å². The predicted octanol–water partition coefficient (Wildman–Crippen LogP) is 0.149. The van der Waals surface area contributed by atoms with E-state index in [0.29, 0.717) is 17.1 Å². The Balaban J connectivity index is 2.96. The van der Waals surface area contributed by atoms with Crippen LogP contribution in [0, 0.1) is 13.8 Å². The van der Waals surface area contributed by atoms with E-state index in [2.05, 4.69) is 14.9 Å². The molecule has 1 aromatic heterocycles. The molecule has 0 saturated carbocycles. The fourth-order valence-corrected chi connectivity index (χ4v) is 2.02. The number of aromatic nitrogens is 2. The summed E-state index contributed by atoms with van der Waals surface area (Å²) in [6, 6.07) is 0. The van der Waals surface area contributed by atoms with Crippen molar-refractivity contribution >= 4 is 15.7 Å². The van der Waals surface area contributed by atoms with Gasteiger partial charge in [-0.3, -0.25) is 9.82 Å². The highest BCUT2D eigenvalue weighted by Crippen LogP contribution is 2.18. The summed E-state index contributed by atoms with van der Waals surface area (Å²) in [6.45, 7) is 4.45. The molecule has 0 spiro atoms. The molecule has 1 atom stereocenters. The zero-order valence-electron chi connectivity index (χ0n) is 8.90. The standard InChI is InChI=1S/C8H15N3O3S/c1-5(4-12)15(13,14)11-8-6(2)9-10-7(8)3/h5,11-12H,4H2,1-3H3,(H,9,10). The zero-order valence-corrected chi connectivity index (χ0v) is 9.72. The normalized spacial score (nSPS) is 13.9. The molecular formula is C8H15N3O3S. The van der Waals surface area contributed by atoms with Crippen LogP contribution < -0.4 is 4.72 Å². The van der Waals surface area contributed by atoms with Crippen LogP contribution in [-0.2, 0) is 10.0 Å². The lowest BCUT2D eigenvalue weighted by Gasteiger charge is -2.12. The number of aryl methyl sites for hydroxylation is 2. The predicted molar refractivity (Wildman–Crippen MR) is 57.2 cm³/mol. The van der Waals surface area contributed by atoms with Crippen molar-refractivity contribution in [1.29, 1.82) is 0 Å². The number of nitrogens with zero attached hydrogens (tertiary/aromatic N) is 1. The molecule has 0 aromatic carbocycles. The van der Waals surface area contributed by atoms with E-state index in [1.165, 1.54) is 6.92 Å². The van der Waals surface area contributed by atoms with Crippen LogP contribution in [0.2, 0.25) is 0 Å². The van der Waals surface area contributed by atoms with E-state index >= 15 is 0 Å². The molecule has 3 N–H and O–H groups in total. The third-order valence-corrected chi connectivity index (χ3v) is 3.86. The summed E-state index contributed by atoms with van der Waals surface area (Å²) in [7, 11) is -3.54. The number of hydrogen-bond donors (Lipinski definition) is 3. The van der Waals surface area contributed by atoms with Crippen LogP contribution in [0.25, 0.3) is 0 Å². The Bertz CT molecular complexity index is 418. The summed E-state index contributed by atoms with van der Waals surface area (Å²) in [5, 5.41) is 14.5. The highest BCUT2D eigenvalue weighted by Gasteiger charge is 2.22. The number of nitrogens with one attached hydrogen (secondary N) is 2. The number of aliphatic hydroxyl groups excluding tert-OH is 1. The Kier molecular flexibility index (Phi) is 3.35. The fourth-order valence-electron chi connectivity index (χ4n) is 1.04. The van der Waals surface area contributed by atoms with E-state index in [-0.39, 0.29) is 0 Å². The summed E-state index contributed by atoms with van der Waals surface area (Å²) in [5.41, 5.74) is 1.69. The van der Waals surface area contributed by atoms with E-state index in [1.807, 2.05) is 0 Å². The van der Waals surface area contributed by atoms with Gasteiger partial charge in [0.2, 0.25) is 10.0 Å². The third-order valence-electron chi connectivity index (χ3n) is 2.16. The molecule has 0 radical (unpaired) electrons. The molecular weight excluding hydrogens is 218 g/mol. The van der Waals surface area contributed by atoms with Crippen LogP contribution in [0.1, 0.15) is 18.3 Å². The Morgan fingerprint density at radius 2 is 2.13 bits per heavy atom. The van der Waals surface area contributed by atoms with E-state index in [9.17, 15) is 8.42 Å². The van der Waals surface area contributed by atoms with Gasteiger partial charge in [-0.25, -0.2) is 8.42 Å². The maximum absolute atomic E-state index is 11.6. The molecule has 0 bridgehead atoms. The Labute approximate surface area is 88.8 Å². The molecule has 6 nitrogen and oxygen atoms in total. The third kappa shape index (κ3) is 2.48. The summed E-state index contributed by atoms with van der Waals surface area (Å²) < 4.78 is 25.6. The van der Waals surface area contributed by atoms with Crippen LogP contribution in [0.4, 0.5) is 5.69 Å². The van der Waals surface area contributed by atoms with E-state index in [1.54, 1.807) is 13.8 Å². The molecule has 0 saturated heterocycles. The molecule has 1 rings (SSSR count). The molecule has 1 heterocycles.